The number of carbonyl (C=O) groups is 1. The number of ether oxygens (including phenoxy) is 5. The molecule has 0 radical (unpaired) electrons. The second-order valence-corrected chi connectivity index (χ2v) is 4.48. The Morgan fingerprint density at radius 1 is 1.50 bits per heavy atom. The topological polar surface area (TPSA) is 109 Å². The van der Waals surface area contributed by atoms with Crippen molar-refractivity contribution in [3.8, 4) is 0 Å². The zero-order chi connectivity index (χ0) is 15.3. The summed E-state index contributed by atoms with van der Waals surface area (Å²) in [6, 6.07) is 0. The molecule has 0 aromatic heterocycles. The van der Waals surface area contributed by atoms with Gasteiger partial charge in [0.15, 0.2) is 12.7 Å². The van der Waals surface area contributed by atoms with Gasteiger partial charge in [-0.15, -0.1) is 0 Å². The first kappa shape index (κ1) is 16.7. The Morgan fingerprint density at radius 3 is 2.60 bits per heavy atom. The average molecular weight is 291 g/mol. The lowest BCUT2D eigenvalue weighted by atomic mass is 9.96. The van der Waals surface area contributed by atoms with Crippen molar-refractivity contribution in [2.24, 2.45) is 5.73 Å². The largest absolute Gasteiger partial charge is 0.487 e. The van der Waals surface area contributed by atoms with Crippen molar-refractivity contribution >= 4 is 6.09 Å². The summed E-state index contributed by atoms with van der Waals surface area (Å²) >= 11 is 0. The van der Waals surface area contributed by atoms with Crippen LogP contribution in [-0.2, 0) is 23.7 Å². The highest BCUT2D eigenvalue weighted by atomic mass is 16.7. The number of allylic oxidation sites excluding steroid dienone is 1. The molecular formula is C12H21NO7. The van der Waals surface area contributed by atoms with Crippen LogP contribution in [0.5, 0.6) is 0 Å². The van der Waals surface area contributed by atoms with Crippen molar-refractivity contribution in [2.45, 2.75) is 31.0 Å². The van der Waals surface area contributed by atoms with E-state index < -0.39 is 36.8 Å². The standard InChI is InChI=1S/C12H21NO7/c1-7(2)20-10-9(17-4)8(16-3)5-19-12(10,15)6-18-11(13)14/h8-10,15H,1,5-6H2,2-4H3,(H2,13,14)/t8-,9-,10-,12-/m1/s1. The van der Waals surface area contributed by atoms with E-state index in [0.717, 1.165) is 0 Å². The van der Waals surface area contributed by atoms with Gasteiger partial charge in [0.25, 0.3) is 0 Å². The van der Waals surface area contributed by atoms with Crippen molar-refractivity contribution in [3.05, 3.63) is 12.3 Å². The summed E-state index contributed by atoms with van der Waals surface area (Å²) in [7, 11) is 2.94. The van der Waals surface area contributed by atoms with E-state index in [1.807, 2.05) is 0 Å². The number of hydrogen-bond donors (Lipinski definition) is 2. The van der Waals surface area contributed by atoms with E-state index in [1.54, 1.807) is 6.92 Å². The van der Waals surface area contributed by atoms with Crippen LogP contribution in [0.25, 0.3) is 0 Å². The zero-order valence-electron chi connectivity index (χ0n) is 11.8. The van der Waals surface area contributed by atoms with Gasteiger partial charge in [-0.2, -0.15) is 0 Å². The van der Waals surface area contributed by atoms with Crippen molar-refractivity contribution in [1.29, 1.82) is 0 Å². The lowest BCUT2D eigenvalue weighted by Crippen LogP contribution is -2.64. The molecule has 0 spiro atoms. The van der Waals surface area contributed by atoms with Gasteiger partial charge >= 0.3 is 6.09 Å². The fourth-order valence-electron chi connectivity index (χ4n) is 2.01. The van der Waals surface area contributed by atoms with E-state index in [2.05, 4.69) is 11.3 Å². The molecule has 1 aliphatic rings. The van der Waals surface area contributed by atoms with Crippen LogP contribution in [0.3, 0.4) is 0 Å². The molecule has 20 heavy (non-hydrogen) atoms. The van der Waals surface area contributed by atoms with Crippen molar-refractivity contribution in [1.82, 2.24) is 0 Å². The molecule has 1 aliphatic heterocycles. The zero-order valence-corrected chi connectivity index (χ0v) is 11.8. The SMILES string of the molecule is C=C(C)O[C@@H]1[C@H](OC)[C@H](OC)CO[C@]1(O)COC(N)=O. The van der Waals surface area contributed by atoms with E-state index in [0.29, 0.717) is 5.76 Å². The van der Waals surface area contributed by atoms with Crippen LogP contribution >= 0.6 is 0 Å². The Hall–Kier alpha value is -1.35. The Bertz CT molecular complexity index is 362. The van der Waals surface area contributed by atoms with Crippen LogP contribution in [0.4, 0.5) is 4.79 Å². The Labute approximate surface area is 117 Å². The lowest BCUT2D eigenvalue weighted by Gasteiger charge is -2.45. The first-order valence-corrected chi connectivity index (χ1v) is 6.00. The number of aliphatic hydroxyl groups is 1. The number of rotatable bonds is 6. The van der Waals surface area contributed by atoms with E-state index in [9.17, 15) is 9.90 Å². The molecule has 1 heterocycles. The van der Waals surface area contributed by atoms with Gasteiger partial charge in [0, 0.05) is 14.2 Å². The van der Waals surface area contributed by atoms with Gasteiger partial charge in [0.05, 0.1) is 12.4 Å². The number of primary amides is 1. The maximum absolute atomic E-state index is 10.7. The maximum atomic E-state index is 10.7. The molecule has 1 rings (SSSR count). The molecule has 8 nitrogen and oxygen atoms in total. The minimum atomic E-state index is -1.90. The van der Waals surface area contributed by atoms with E-state index in [4.69, 9.17) is 24.7 Å². The molecule has 1 amide bonds. The van der Waals surface area contributed by atoms with Gasteiger partial charge in [-0.1, -0.05) is 6.58 Å². The minimum absolute atomic E-state index is 0.0453. The smallest absolute Gasteiger partial charge is 0.404 e. The van der Waals surface area contributed by atoms with Crippen LogP contribution in [0.2, 0.25) is 0 Å². The third-order valence-corrected chi connectivity index (χ3v) is 2.93. The van der Waals surface area contributed by atoms with Gasteiger partial charge in [-0.05, 0) is 6.92 Å². The molecule has 8 heteroatoms. The lowest BCUT2D eigenvalue weighted by molar-refractivity contribution is -0.337. The second-order valence-electron chi connectivity index (χ2n) is 4.48. The third kappa shape index (κ3) is 3.83. The Balaban J connectivity index is 2.95. The molecule has 0 aromatic rings. The number of nitrogens with two attached hydrogens (primary N) is 1. The van der Waals surface area contributed by atoms with Gasteiger partial charge < -0.3 is 34.5 Å². The van der Waals surface area contributed by atoms with E-state index >= 15 is 0 Å². The normalized spacial score (nSPS) is 33.5. The highest BCUT2D eigenvalue weighted by Crippen LogP contribution is 2.31. The van der Waals surface area contributed by atoms with Crippen LogP contribution in [0.15, 0.2) is 12.3 Å². The molecule has 0 unspecified atom stereocenters. The second kappa shape index (κ2) is 6.89. The Kier molecular flexibility index (Phi) is 5.75. The molecule has 4 atom stereocenters. The van der Waals surface area contributed by atoms with Crippen LogP contribution < -0.4 is 5.73 Å². The van der Waals surface area contributed by atoms with Gasteiger partial charge in [0.1, 0.15) is 12.2 Å². The molecule has 3 N–H and O–H groups in total. The fourth-order valence-corrected chi connectivity index (χ4v) is 2.01. The molecule has 116 valence electrons. The summed E-state index contributed by atoms with van der Waals surface area (Å²) in [4.78, 5) is 10.7. The number of methoxy groups -OCH3 is 2. The average Bonchev–Trinajstić information content (AvgIpc) is 2.38. The molecule has 0 aliphatic carbocycles. The summed E-state index contributed by atoms with van der Waals surface area (Å²) in [5.74, 6) is -1.56. The van der Waals surface area contributed by atoms with Crippen molar-refractivity contribution in [3.63, 3.8) is 0 Å². The van der Waals surface area contributed by atoms with Crippen LogP contribution in [0, 0.1) is 0 Å². The van der Waals surface area contributed by atoms with Gasteiger partial charge in [-0.3, -0.25) is 0 Å². The predicted octanol–water partition coefficient (Wildman–Crippen LogP) is -0.251. The summed E-state index contributed by atoms with van der Waals surface area (Å²) in [6.07, 6.45) is -3.09. The highest BCUT2D eigenvalue weighted by molar-refractivity contribution is 5.64. The van der Waals surface area contributed by atoms with Crippen molar-refractivity contribution < 1.29 is 33.6 Å². The van der Waals surface area contributed by atoms with Crippen LogP contribution in [-0.4, -0.2) is 62.7 Å². The van der Waals surface area contributed by atoms with E-state index in [1.165, 1.54) is 14.2 Å². The molecular weight excluding hydrogens is 270 g/mol. The fraction of sp³-hybridized carbons (Fsp3) is 0.750. The monoisotopic (exact) mass is 291 g/mol. The van der Waals surface area contributed by atoms with Gasteiger partial charge in [0.2, 0.25) is 5.79 Å². The van der Waals surface area contributed by atoms with Crippen LogP contribution in [0.1, 0.15) is 6.92 Å². The first-order valence-electron chi connectivity index (χ1n) is 6.00. The summed E-state index contributed by atoms with van der Waals surface area (Å²) in [5, 5.41) is 10.5. The Morgan fingerprint density at radius 2 is 2.15 bits per heavy atom. The highest BCUT2D eigenvalue weighted by Gasteiger charge is 2.53. The molecule has 0 saturated carbocycles. The molecule has 1 fully saturated rings. The quantitative estimate of drug-likeness (QED) is 0.649. The summed E-state index contributed by atoms with van der Waals surface area (Å²) in [5.41, 5.74) is 4.89. The molecule has 0 aromatic carbocycles. The number of hydrogen-bond acceptors (Lipinski definition) is 7. The van der Waals surface area contributed by atoms with E-state index in [-0.39, 0.29) is 6.61 Å². The maximum Gasteiger partial charge on any atom is 0.404 e. The molecule has 0 bridgehead atoms. The third-order valence-electron chi connectivity index (χ3n) is 2.93. The first-order chi connectivity index (χ1) is 9.34. The van der Waals surface area contributed by atoms with Crippen molar-refractivity contribution in [2.75, 3.05) is 27.4 Å². The van der Waals surface area contributed by atoms with Gasteiger partial charge in [-0.25, -0.2) is 4.79 Å². The number of carbonyl (C=O) groups excluding carboxylic acids is 1. The minimum Gasteiger partial charge on any atom is -0.487 e. The predicted molar refractivity (Wildman–Crippen MR) is 67.7 cm³/mol. The summed E-state index contributed by atoms with van der Waals surface area (Å²) < 4.78 is 25.9. The number of amides is 1. The molecule has 1 saturated heterocycles. The summed E-state index contributed by atoms with van der Waals surface area (Å²) in [6.45, 7) is 4.78.